The number of anilines is 1. The molecule has 0 spiro atoms. The fourth-order valence-electron chi connectivity index (χ4n) is 11.5. The lowest BCUT2D eigenvalue weighted by molar-refractivity contribution is 0.240. The first kappa shape index (κ1) is 31.7. The van der Waals surface area contributed by atoms with Gasteiger partial charge in [-0.1, -0.05) is 109 Å². The zero-order valence-corrected chi connectivity index (χ0v) is 30.0. The lowest BCUT2D eigenvalue weighted by Crippen LogP contribution is -2.51. The molecule has 2 aromatic rings. The summed E-state index contributed by atoms with van der Waals surface area (Å²) in [6.45, 7) is 0. The number of halogens is 1. The minimum Gasteiger partial charge on any atom is -0.485 e. The van der Waals surface area contributed by atoms with Gasteiger partial charge in [-0.15, -0.1) is 0 Å². The Kier molecular flexibility index (Phi) is 7.56. The van der Waals surface area contributed by atoms with Crippen LogP contribution in [0.2, 0.25) is 0 Å². The SMILES string of the molecule is FC1=CCC(C2C3=C(C=CCC3)C3CC(C4C=CC(N(c5cccc6c5C5C=CC=CC5O6)C5C=CC=C6c7ccccc7OC65)CC4)C=CC32)C=C1. The Labute approximate surface area is 312 Å². The lowest BCUT2D eigenvalue weighted by atomic mass is 9.67. The summed E-state index contributed by atoms with van der Waals surface area (Å²) in [6, 6.07) is 15.4. The van der Waals surface area contributed by atoms with Crippen molar-refractivity contribution in [3.8, 4) is 11.5 Å². The maximum atomic E-state index is 14.0. The van der Waals surface area contributed by atoms with Gasteiger partial charge >= 0.3 is 0 Å². The molecule has 4 heteroatoms. The van der Waals surface area contributed by atoms with Gasteiger partial charge in [-0.2, -0.15) is 0 Å². The number of para-hydroxylation sites is 1. The van der Waals surface area contributed by atoms with E-state index in [1.807, 2.05) is 0 Å². The van der Waals surface area contributed by atoms with E-state index in [9.17, 15) is 4.39 Å². The van der Waals surface area contributed by atoms with Crippen LogP contribution in [-0.4, -0.2) is 24.3 Å². The molecule has 11 unspecified atom stereocenters. The van der Waals surface area contributed by atoms with Gasteiger partial charge in [0.05, 0.1) is 6.04 Å². The second-order valence-corrected chi connectivity index (χ2v) is 16.5. The van der Waals surface area contributed by atoms with Crippen LogP contribution < -0.4 is 14.4 Å². The van der Waals surface area contributed by atoms with Crippen LogP contribution in [0.15, 0.2) is 157 Å². The highest BCUT2D eigenvalue weighted by atomic mass is 19.1. The molecule has 0 amide bonds. The molecule has 3 nitrogen and oxygen atoms in total. The monoisotopic (exact) mass is 699 g/mol. The number of hydrogen-bond acceptors (Lipinski definition) is 3. The van der Waals surface area contributed by atoms with Crippen molar-refractivity contribution in [2.75, 3.05) is 4.90 Å². The maximum absolute atomic E-state index is 14.0. The molecule has 9 aliphatic rings. The number of fused-ring (bicyclic) bond motifs is 8. The van der Waals surface area contributed by atoms with Crippen LogP contribution in [-0.2, 0) is 0 Å². The topological polar surface area (TPSA) is 21.7 Å². The van der Waals surface area contributed by atoms with Crippen LogP contribution in [0.1, 0.15) is 55.6 Å². The third-order valence-electron chi connectivity index (χ3n) is 13.8. The Bertz CT molecular complexity index is 2160. The number of rotatable bonds is 5. The second-order valence-electron chi connectivity index (χ2n) is 16.5. The van der Waals surface area contributed by atoms with Gasteiger partial charge in [0.2, 0.25) is 0 Å². The molecule has 0 saturated heterocycles. The quantitative estimate of drug-likeness (QED) is 0.290. The van der Waals surface area contributed by atoms with Crippen molar-refractivity contribution in [1.29, 1.82) is 0 Å². The Morgan fingerprint density at radius 3 is 2.57 bits per heavy atom. The van der Waals surface area contributed by atoms with Crippen LogP contribution in [0, 0.1) is 35.5 Å². The van der Waals surface area contributed by atoms with Gasteiger partial charge in [-0.3, -0.25) is 0 Å². The number of nitrogens with zero attached hydrogens (tertiary/aromatic N) is 1. The molecule has 2 heterocycles. The highest BCUT2D eigenvalue weighted by Crippen LogP contribution is 2.56. The Morgan fingerprint density at radius 2 is 1.66 bits per heavy atom. The molecular formula is C49H46FNO2. The first-order valence-electron chi connectivity index (χ1n) is 20.1. The smallest absolute Gasteiger partial charge is 0.148 e. The summed E-state index contributed by atoms with van der Waals surface area (Å²) in [5.74, 6) is 5.09. The van der Waals surface area contributed by atoms with Crippen molar-refractivity contribution in [2.45, 2.75) is 68.7 Å². The molecule has 2 aromatic carbocycles. The van der Waals surface area contributed by atoms with E-state index in [0.29, 0.717) is 35.5 Å². The molecule has 266 valence electrons. The number of benzene rings is 2. The molecule has 0 radical (unpaired) electrons. The third-order valence-corrected chi connectivity index (χ3v) is 13.8. The fraction of sp³-hybridized carbons (Fsp3) is 0.347. The van der Waals surface area contributed by atoms with E-state index < -0.39 is 0 Å². The molecular weight excluding hydrogens is 654 g/mol. The molecule has 0 aromatic heterocycles. The van der Waals surface area contributed by atoms with Gasteiger partial charge in [0.15, 0.2) is 0 Å². The van der Waals surface area contributed by atoms with Crippen molar-refractivity contribution in [1.82, 2.24) is 0 Å². The van der Waals surface area contributed by atoms with E-state index in [1.54, 1.807) is 23.3 Å². The van der Waals surface area contributed by atoms with E-state index in [0.717, 1.165) is 43.6 Å². The first-order chi connectivity index (χ1) is 26.2. The van der Waals surface area contributed by atoms with Crippen LogP contribution in [0.3, 0.4) is 0 Å². The molecule has 53 heavy (non-hydrogen) atoms. The summed E-state index contributed by atoms with van der Waals surface area (Å²) in [6.07, 6.45) is 42.9. The number of ether oxygens (including phenoxy) is 2. The van der Waals surface area contributed by atoms with Gasteiger partial charge in [-0.25, -0.2) is 4.39 Å². The van der Waals surface area contributed by atoms with Crippen molar-refractivity contribution in [3.63, 3.8) is 0 Å². The second kappa shape index (κ2) is 12.6. The predicted octanol–water partition coefficient (Wildman–Crippen LogP) is 11.1. The Morgan fingerprint density at radius 1 is 0.755 bits per heavy atom. The van der Waals surface area contributed by atoms with Crippen molar-refractivity contribution in [2.24, 2.45) is 35.5 Å². The highest BCUT2D eigenvalue weighted by Gasteiger charge is 2.47. The minimum atomic E-state index is -0.0804. The summed E-state index contributed by atoms with van der Waals surface area (Å²) < 4.78 is 27.4. The molecule has 11 rings (SSSR count). The van der Waals surface area contributed by atoms with E-state index in [1.165, 1.54) is 28.8 Å². The largest absolute Gasteiger partial charge is 0.485 e. The molecule has 0 bridgehead atoms. The summed E-state index contributed by atoms with van der Waals surface area (Å²) in [5, 5.41) is 0. The van der Waals surface area contributed by atoms with E-state index in [2.05, 4.69) is 132 Å². The Balaban J connectivity index is 0.910. The summed E-state index contributed by atoms with van der Waals surface area (Å²) in [4.78, 5) is 2.68. The number of hydrogen-bond donors (Lipinski definition) is 0. The van der Waals surface area contributed by atoms with Crippen molar-refractivity contribution < 1.29 is 13.9 Å². The predicted molar refractivity (Wildman–Crippen MR) is 211 cm³/mol. The molecule has 7 aliphatic carbocycles. The average molecular weight is 700 g/mol. The van der Waals surface area contributed by atoms with Gasteiger partial charge in [0.25, 0.3) is 0 Å². The summed E-state index contributed by atoms with van der Waals surface area (Å²) >= 11 is 0. The number of allylic oxidation sites excluding steroid dienone is 15. The first-order valence-corrected chi connectivity index (χ1v) is 20.1. The molecule has 0 fully saturated rings. The van der Waals surface area contributed by atoms with Crippen molar-refractivity contribution in [3.05, 3.63) is 168 Å². The van der Waals surface area contributed by atoms with Gasteiger partial charge in [0, 0.05) is 34.3 Å². The maximum Gasteiger partial charge on any atom is 0.148 e. The summed E-state index contributed by atoms with van der Waals surface area (Å²) in [5.41, 5.74) is 8.28. The van der Waals surface area contributed by atoms with Gasteiger partial charge in [0.1, 0.15) is 29.5 Å². The van der Waals surface area contributed by atoms with Crippen LogP contribution in [0.5, 0.6) is 11.5 Å². The molecule has 11 atom stereocenters. The van der Waals surface area contributed by atoms with Crippen LogP contribution >= 0.6 is 0 Å². The summed E-state index contributed by atoms with van der Waals surface area (Å²) in [7, 11) is 0. The van der Waals surface area contributed by atoms with Gasteiger partial charge < -0.3 is 14.4 Å². The van der Waals surface area contributed by atoms with Crippen LogP contribution in [0.25, 0.3) is 5.57 Å². The zero-order valence-electron chi connectivity index (χ0n) is 30.0. The standard InChI is InChI=1S/C49H46FNO2/c50-33-24-19-31(20-25-33)47-37-11-2-1-9-35(37)41-29-32(23-28-38(41)47)30-21-26-34(27-22-30)51(42-14-8-18-46-48(42)40-12-4-6-17-45(40)52-46)43-15-7-13-39-36-10-3-5-16-44(36)53-49(39)43/h1,3-10,12-19,21,23-26,28,30-32,34,38,40-41,43,45,47,49H,2,11,20,22,27,29H2. The van der Waals surface area contributed by atoms with E-state index in [-0.39, 0.29) is 36.0 Å². The molecule has 0 saturated carbocycles. The highest BCUT2D eigenvalue weighted by molar-refractivity contribution is 5.81. The normalized spacial score (nSPS) is 36.4. The Hall–Kier alpha value is -4.83. The average Bonchev–Trinajstić information content (AvgIpc) is 3.89. The van der Waals surface area contributed by atoms with Crippen LogP contribution in [0.4, 0.5) is 10.1 Å². The minimum absolute atomic E-state index is 0.0344. The molecule has 2 aliphatic heterocycles. The van der Waals surface area contributed by atoms with Gasteiger partial charge in [-0.05, 0) is 116 Å². The lowest BCUT2D eigenvalue weighted by Gasteiger charge is -2.44. The fourth-order valence-corrected chi connectivity index (χ4v) is 11.5. The zero-order chi connectivity index (χ0) is 35.0. The van der Waals surface area contributed by atoms with E-state index >= 15 is 0 Å². The van der Waals surface area contributed by atoms with E-state index in [4.69, 9.17) is 9.47 Å². The molecule has 0 N–H and O–H groups in total. The third kappa shape index (κ3) is 5.12. The van der Waals surface area contributed by atoms with Crippen molar-refractivity contribution >= 4 is 11.3 Å².